The second-order valence-corrected chi connectivity index (χ2v) is 5.64. The van der Waals surface area contributed by atoms with Crippen LogP contribution in [0.3, 0.4) is 0 Å². The maximum absolute atomic E-state index is 12.1. The van der Waals surface area contributed by atoms with Crippen LogP contribution in [0, 0.1) is 6.92 Å². The van der Waals surface area contributed by atoms with Gasteiger partial charge in [0.1, 0.15) is 11.3 Å². The summed E-state index contributed by atoms with van der Waals surface area (Å²) in [5.74, 6) is 0.440. The number of nitrogens with one attached hydrogen (secondary N) is 1. The van der Waals surface area contributed by atoms with Gasteiger partial charge in [-0.25, -0.2) is 5.43 Å². The number of amides is 1. The van der Waals surface area contributed by atoms with Gasteiger partial charge in [-0.1, -0.05) is 18.6 Å². The second-order valence-electron chi connectivity index (χ2n) is 5.64. The minimum absolute atomic E-state index is 0.276. The predicted octanol–water partition coefficient (Wildman–Crippen LogP) is 3.85. The largest absolute Gasteiger partial charge is 0.454 e. The van der Waals surface area contributed by atoms with E-state index in [1.54, 1.807) is 24.5 Å². The van der Waals surface area contributed by atoms with Crippen molar-refractivity contribution in [1.82, 2.24) is 10.4 Å². The molecule has 24 heavy (non-hydrogen) atoms. The van der Waals surface area contributed by atoms with E-state index in [0.717, 1.165) is 23.0 Å². The van der Waals surface area contributed by atoms with E-state index in [-0.39, 0.29) is 5.91 Å². The minimum Gasteiger partial charge on any atom is -0.454 e. The van der Waals surface area contributed by atoms with Gasteiger partial charge in [0.25, 0.3) is 5.91 Å². The topological polar surface area (TPSA) is 67.5 Å². The molecule has 0 aliphatic rings. The quantitative estimate of drug-likeness (QED) is 0.586. The summed E-state index contributed by atoms with van der Waals surface area (Å²) in [6.45, 7) is 5.97. The Hall–Kier alpha value is -2.95. The average molecular weight is 321 g/mol. The highest BCUT2D eigenvalue weighted by atomic mass is 16.3. The Morgan fingerprint density at radius 1 is 1.25 bits per heavy atom. The van der Waals surface area contributed by atoms with Crippen molar-refractivity contribution in [1.29, 1.82) is 0 Å². The van der Waals surface area contributed by atoms with Gasteiger partial charge >= 0.3 is 0 Å². The molecule has 1 amide bonds. The van der Waals surface area contributed by atoms with Crippen LogP contribution in [-0.4, -0.2) is 16.6 Å². The Bertz CT molecular complexity index is 911. The molecule has 0 fully saturated rings. The van der Waals surface area contributed by atoms with Gasteiger partial charge < -0.3 is 4.42 Å². The van der Waals surface area contributed by atoms with E-state index in [1.165, 1.54) is 5.56 Å². The molecular formula is C19H19N3O2. The highest BCUT2D eigenvalue weighted by Gasteiger charge is 2.15. The highest BCUT2D eigenvalue weighted by molar-refractivity contribution is 6.03. The lowest BCUT2D eigenvalue weighted by atomic mass is 10.0. The third-order valence-corrected chi connectivity index (χ3v) is 3.90. The van der Waals surface area contributed by atoms with E-state index in [9.17, 15) is 4.79 Å². The number of pyridine rings is 1. The maximum Gasteiger partial charge on any atom is 0.271 e. The van der Waals surface area contributed by atoms with Crippen molar-refractivity contribution in [3.8, 4) is 0 Å². The van der Waals surface area contributed by atoms with Crippen LogP contribution in [0.25, 0.3) is 11.0 Å². The fourth-order valence-corrected chi connectivity index (χ4v) is 2.66. The normalized spacial score (nSPS) is 11.7. The van der Waals surface area contributed by atoms with Gasteiger partial charge in [-0.2, -0.15) is 5.10 Å². The number of fused-ring (bicyclic) bond motifs is 1. The van der Waals surface area contributed by atoms with Gasteiger partial charge in [0.2, 0.25) is 0 Å². The van der Waals surface area contributed by atoms with Crippen LogP contribution in [0.1, 0.15) is 41.1 Å². The first-order valence-corrected chi connectivity index (χ1v) is 7.87. The predicted molar refractivity (Wildman–Crippen MR) is 94.2 cm³/mol. The number of carbonyl (C=O) groups excluding carboxylic acids is 1. The number of hydrogen-bond donors (Lipinski definition) is 1. The van der Waals surface area contributed by atoms with Crippen LogP contribution in [0.5, 0.6) is 0 Å². The minimum atomic E-state index is -0.276. The van der Waals surface area contributed by atoms with E-state index < -0.39 is 0 Å². The Morgan fingerprint density at radius 2 is 2.00 bits per heavy atom. The Labute approximate surface area is 140 Å². The van der Waals surface area contributed by atoms with Crippen LogP contribution >= 0.6 is 0 Å². The number of aromatic nitrogens is 1. The number of carbonyl (C=O) groups is 1. The van der Waals surface area contributed by atoms with Gasteiger partial charge in [-0.3, -0.25) is 9.78 Å². The van der Waals surface area contributed by atoms with Crippen LogP contribution in [0.4, 0.5) is 0 Å². The number of furan rings is 1. The zero-order chi connectivity index (χ0) is 17.1. The van der Waals surface area contributed by atoms with Gasteiger partial charge in [-0.15, -0.1) is 0 Å². The molecule has 0 saturated carbocycles. The molecule has 122 valence electrons. The van der Waals surface area contributed by atoms with E-state index in [1.807, 2.05) is 19.1 Å². The molecular weight excluding hydrogens is 302 g/mol. The van der Waals surface area contributed by atoms with Crippen LogP contribution < -0.4 is 5.43 Å². The van der Waals surface area contributed by atoms with Crippen molar-refractivity contribution >= 4 is 22.6 Å². The summed E-state index contributed by atoms with van der Waals surface area (Å²) in [4.78, 5) is 16.0. The Balaban J connectivity index is 1.90. The second kappa shape index (κ2) is 6.66. The standard InChI is InChI=1S/C19H19N3O2/c1-4-15-16-11-12(2)5-6-17(16)24-18(15)13(3)21-22-19(23)14-7-9-20-10-8-14/h5-11H,4H2,1-3H3,(H,22,23)/b21-13-. The first kappa shape index (κ1) is 15.9. The van der Waals surface area contributed by atoms with Gasteiger partial charge in [0.15, 0.2) is 5.76 Å². The fraction of sp³-hybridized carbons (Fsp3) is 0.211. The zero-order valence-corrected chi connectivity index (χ0v) is 14.0. The van der Waals surface area contributed by atoms with Crippen molar-refractivity contribution in [2.75, 3.05) is 0 Å². The molecule has 0 aliphatic carbocycles. The number of rotatable bonds is 4. The molecule has 2 aromatic heterocycles. The van der Waals surface area contributed by atoms with E-state index in [0.29, 0.717) is 17.0 Å². The van der Waals surface area contributed by atoms with Crippen LogP contribution in [0.2, 0.25) is 0 Å². The Morgan fingerprint density at radius 3 is 2.71 bits per heavy atom. The smallest absolute Gasteiger partial charge is 0.271 e. The molecule has 0 atom stereocenters. The summed E-state index contributed by atoms with van der Waals surface area (Å²) >= 11 is 0. The molecule has 0 radical (unpaired) electrons. The molecule has 0 aliphatic heterocycles. The molecule has 0 bridgehead atoms. The van der Waals surface area contributed by atoms with E-state index >= 15 is 0 Å². The lowest BCUT2D eigenvalue weighted by molar-refractivity contribution is 0.0954. The molecule has 0 saturated heterocycles. The summed E-state index contributed by atoms with van der Waals surface area (Å²) in [5.41, 5.74) is 6.84. The number of hydrazone groups is 1. The lowest BCUT2D eigenvalue weighted by Gasteiger charge is -2.02. The summed E-state index contributed by atoms with van der Waals surface area (Å²) in [7, 11) is 0. The number of nitrogens with zero attached hydrogens (tertiary/aromatic N) is 2. The summed E-state index contributed by atoms with van der Waals surface area (Å²) in [6.07, 6.45) is 3.97. The van der Waals surface area contributed by atoms with Crippen molar-refractivity contribution < 1.29 is 9.21 Å². The maximum atomic E-state index is 12.1. The van der Waals surface area contributed by atoms with Crippen LogP contribution in [0.15, 0.2) is 52.2 Å². The molecule has 0 unspecified atom stereocenters. The van der Waals surface area contributed by atoms with Crippen molar-refractivity contribution in [3.05, 3.63) is 65.2 Å². The van der Waals surface area contributed by atoms with E-state index in [2.05, 4.69) is 35.4 Å². The van der Waals surface area contributed by atoms with E-state index in [4.69, 9.17) is 4.42 Å². The highest BCUT2D eigenvalue weighted by Crippen LogP contribution is 2.27. The molecule has 0 spiro atoms. The van der Waals surface area contributed by atoms with Gasteiger partial charge in [-0.05, 0) is 44.5 Å². The SMILES string of the molecule is CCc1c(/C(C)=N\NC(=O)c2ccncc2)oc2ccc(C)cc12. The first-order chi connectivity index (χ1) is 11.6. The van der Waals surface area contributed by atoms with Gasteiger partial charge in [0, 0.05) is 28.9 Å². The van der Waals surface area contributed by atoms with Crippen molar-refractivity contribution in [2.24, 2.45) is 5.10 Å². The zero-order valence-electron chi connectivity index (χ0n) is 14.0. The average Bonchev–Trinajstić information content (AvgIpc) is 2.97. The number of benzene rings is 1. The fourth-order valence-electron chi connectivity index (χ4n) is 2.66. The molecule has 5 heteroatoms. The molecule has 5 nitrogen and oxygen atoms in total. The molecule has 1 aromatic carbocycles. The van der Waals surface area contributed by atoms with Gasteiger partial charge in [0.05, 0.1) is 0 Å². The summed E-state index contributed by atoms with van der Waals surface area (Å²) < 4.78 is 5.95. The third-order valence-electron chi connectivity index (χ3n) is 3.90. The van der Waals surface area contributed by atoms with Crippen LogP contribution in [-0.2, 0) is 6.42 Å². The van der Waals surface area contributed by atoms with Crippen molar-refractivity contribution in [3.63, 3.8) is 0 Å². The number of aryl methyl sites for hydroxylation is 2. The molecule has 3 rings (SSSR count). The Kier molecular flexibility index (Phi) is 4.42. The summed E-state index contributed by atoms with van der Waals surface area (Å²) in [6, 6.07) is 9.39. The van der Waals surface area contributed by atoms with Crippen molar-refractivity contribution in [2.45, 2.75) is 27.2 Å². The summed E-state index contributed by atoms with van der Waals surface area (Å²) in [5, 5.41) is 5.30. The molecule has 3 aromatic rings. The molecule has 1 N–H and O–H groups in total. The number of hydrogen-bond acceptors (Lipinski definition) is 4. The molecule has 2 heterocycles. The monoisotopic (exact) mass is 321 g/mol. The third kappa shape index (κ3) is 3.06. The lowest BCUT2D eigenvalue weighted by Crippen LogP contribution is -2.19. The first-order valence-electron chi connectivity index (χ1n) is 7.87.